The molecular formula is C8H10N2O2S. The number of carboxylic acid groups (broad SMARTS) is 1. The fourth-order valence-corrected chi connectivity index (χ4v) is 1.50. The Kier molecular flexibility index (Phi) is 3.16. The number of aromatic carboxylic acids is 1. The molecule has 0 radical (unpaired) electrons. The first kappa shape index (κ1) is 9.88. The Bertz CT molecular complexity index is 328. The third kappa shape index (κ3) is 2.13. The van der Waals surface area contributed by atoms with Gasteiger partial charge in [-0.15, -0.1) is 11.8 Å². The molecule has 0 heterocycles. The lowest BCUT2D eigenvalue weighted by atomic mass is 10.2. The zero-order valence-electron chi connectivity index (χ0n) is 7.07. The molecule has 4 nitrogen and oxygen atoms in total. The van der Waals surface area contributed by atoms with Crippen LogP contribution in [0.5, 0.6) is 0 Å². The predicted molar refractivity (Wildman–Crippen MR) is 53.0 cm³/mol. The lowest BCUT2D eigenvalue weighted by Gasteiger charge is -2.06. The van der Waals surface area contributed by atoms with Crippen LogP contribution in [0.1, 0.15) is 10.4 Å². The second-order valence-corrected chi connectivity index (χ2v) is 3.21. The molecule has 1 rings (SSSR count). The molecular weight excluding hydrogens is 188 g/mol. The van der Waals surface area contributed by atoms with Crippen LogP contribution >= 0.6 is 11.8 Å². The smallest absolute Gasteiger partial charge is 0.335 e. The van der Waals surface area contributed by atoms with Gasteiger partial charge in [-0.1, -0.05) is 0 Å². The van der Waals surface area contributed by atoms with Crippen molar-refractivity contribution in [2.75, 3.05) is 11.7 Å². The van der Waals surface area contributed by atoms with E-state index in [0.29, 0.717) is 5.69 Å². The average molecular weight is 198 g/mol. The van der Waals surface area contributed by atoms with Crippen LogP contribution in [0.15, 0.2) is 23.1 Å². The second kappa shape index (κ2) is 4.15. The predicted octanol–water partition coefficient (Wildman–Crippen LogP) is 1.39. The molecule has 5 heteroatoms. The average Bonchev–Trinajstić information content (AvgIpc) is 2.16. The summed E-state index contributed by atoms with van der Waals surface area (Å²) in [5, 5.41) is 8.69. The van der Waals surface area contributed by atoms with Crippen LogP contribution in [0.25, 0.3) is 0 Å². The van der Waals surface area contributed by atoms with Crippen molar-refractivity contribution in [3.63, 3.8) is 0 Å². The lowest BCUT2D eigenvalue weighted by molar-refractivity contribution is 0.0697. The molecule has 0 aromatic heterocycles. The highest BCUT2D eigenvalue weighted by Gasteiger charge is 2.06. The van der Waals surface area contributed by atoms with Crippen molar-refractivity contribution in [2.24, 2.45) is 5.84 Å². The summed E-state index contributed by atoms with van der Waals surface area (Å²) in [7, 11) is 0. The molecule has 1 aromatic carbocycles. The van der Waals surface area contributed by atoms with E-state index in [1.54, 1.807) is 12.1 Å². The van der Waals surface area contributed by atoms with Crippen LogP contribution in [0.4, 0.5) is 5.69 Å². The van der Waals surface area contributed by atoms with Crippen LogP contribution in [-0.2, 0) is 0 Å². The van der Waals surface area contributed by atoms with Crippen molar-refractivity contribution >= 4 is 23.4 Å². The van der Waals surface area contributed by atoms with E-state index in [1.165, 1.54) is 17.8 Å². The van der Waals surface area contributed by atoms with Gasteiger partial charge in [-0.05, 0) is 24.5 Å². The van der Waals surface area contributed by atoms with Crippen LogP contribution < -0.4 is 11.3 Å². The first-order chi connectivity index (χ1) is 6.19. The summed E-state index contributed by atoms with van der Waals surface area (Å²) >= 11 is 1.50. The van der Waals surface area contributed by atoms with Crippen molar-refractivity contribution < 1.29 is 9.90 Å². The van der Waals surface area contributed by atoms with E-state index in [-0.39, 0.29) is 5.56 Å². The normalized spacial score (nSPS) is 9.69. The number of rotatable bonds is 3. The molecule has 70 valence electrons. The van der Waals surface area contributed by atoms with Gasteiger partial charge in [0.15, 0.2) is 0 Å². The SMILES string of the molecule is CSc1ccc(C(=O)O)cc1NN. The van der Waals surface area contributed by atoms with Gasteiger partial charge in [-0.25, -0.2) is 4.79 Å². The summed E-state index contributed by atoms with van der Waals surface area (Å²) in [4.78, 5) is 11.5. The Balaban J connectivity index is 3.13. The van der Waals surface area contributed by atoms with E-state index in [4.69, 9.17) is 10.9 Å². The number of anilines is 1. The minimum Gasteiger partial charge on any atom is -0.478 e. The third-order valence-corrected chi connectivity index (χ3v) is 2.40. The lowest BCUT2D eigenvalue weighted by Crippen LogP contribution is -2.09. The summed E-state index contributed by atoms with van der Waals surface area (Å²) in [5.41, 5.74) is 3.32. The van der Waals surface area contributed by atoms with E-state index < -0.39 is 5.97 Å². The molecule has 1 aromatic rings. The van der Waals surface area contributed by atoms with Gasteiger partial charge in [-0.2, -0.15) is 0 Å². The monoisotopic (exact) mass is 198 g/mol. The van der Waals surface area contributed by atoms with E-state index in [9.17, 15) is 4.79 Å². The molecule has 0 unspecified atom stereocenters. The maximum Gasteiger partial charge on any atom is 0.335 e. The van der Waals surface area contributed by atoms with Crippen LogP contribution in [-0.4, -0.2) is 17.3 Å². The number of hydrazine groups is 1. The Morgan fingerprint density at radius 2 is 2.31 bits per heavy atom. The van der Waals surface area contributed by atoms with Crippen LogP contribution in [0.2, 0.25) is 0 Å². The van der Waals surface area contributed by atoms with Gasteiger partial charge in [0.25, 0.3) is 0 Å². The van der Waals surface area contributed by atoms with Gasteiger partial charge < -0.3 is 10.5 Å². The van der Waals surface area contributed by atoms with Gasteiger partial charge >= 0.3 is 5.97 Å². The number of hydrogen-bond donors (Lipinski definition) is 3. The zero-order valence-corrected chi connectivity index (χ0v) is 7.89. The molecule has 4 N–H and O–H groups in total. The summed E-state index contributed by atoms with van der Waals surface area (Å²) in [6.07, 6.45) is 1.90. The van der Waals surface area contributed by atoms with E-state index in [0.717, 1.165) is 4.90 Å². The number of benzene rings is 1. The molecule has 0 amide bonds. The van der Waals surface area contributed by atoms with E-state index >= 15 is 0 Å². The van der Waals surface area contributed by atoms with E-state index in [1.807, 2.05) is 6.26 Å². The molecule has 0 fully saturated rings. The Hall–Kier alpha value is -1.20. The van der Waals surface area contributed by atoms with Gasteiger partial charge in [0, 0.05) is 4.90 Å². The maximum atomic E-state index is 10.6. The number of hydrogen-bond acceptors (Lipinski definition) is 4. The van der Waals surface area contributed by atoms with Crippen molar-refractivity contribution in [1.29, 1.82) is 0 Å². The third-order valence-electron chi connectivity index (χ3n) is 1.60. The summed E-state index contributed by atoms with van der Waals surface area (Å²) in [5.74, 6) is 4.28. The molecule has 0 aliphatic rings. The topological polar surface area (TPSA) is 75.3 Å². The van der Waals surface area contributed by atoms with Gasteiger partial charge in [-0.3, -0.25) is 5.84 Å². The zero-order chi connectivity index (χ0) is 9.84. The van der Waals surface area contributed by atoms with Crippen LogP contribution in [0.3, 0.4) is 0 Å². The highest BCUT2D eigenvalue weighted by atomic mass is 32.2. The molecule has 0 spiro atoms. The van der Waals surface area contributed by atoms with Crippen molar-refractivity contribution in [3.8, 4) is 0 Å². The largest absolute Gasteiger partial charge is 0.478 e. The molecule has 13 heavy (non-hydrogen) atoms. The van der Waals surface area contributed by atoms with Crippen molar-refractivity contribution in [1.82, 2.24) is 0 Å². The van der Waals surface area contributed by atoms with Gasteiger partial charge in [0.05, 0.1) is 11.3 Å². The standard InChI is InChI=1S/C8H10N2O2S/c1-13-7-3-2-5(8(11)12)4-6(7)10-9/h2-4,10H,9H2,1H3,(H,11,12). The fraction of sp³-hybridized carbons (Fsp3) is 0.125. The highest BCUT2D eigenvalue weighted by molar-refractivity contribution is 7.98. The summed E-state index contributed by atoms with van der Waals surface area (Å²) in [6.45, 7) is 0. The van der Waals surface area contributed by atoms with Crippen LogP contribution in [0, 0.1) is 0 Å². The first-order valence-corrected chi connectivity index (χ1v) is 4.79. The van der Waals surface area contributed by atoms with Gasteiger partial charge in [0.2, 0.25) is 0 Å². The Morgan fingerprint density at radius 1 is 1.62 bits per heavy atom. The minimum atomic E-state index is -0.954. The highest BCUT2D eigenvalue weighted by Crippen LogP contribution is 2.25. The number of nitrogens with two attached hydrogens (primary N) is 1. The quantitative estimate of drug-likeness (QED) is 0.389. The fourth-order valence-electron chi connectivity index (χ4n) is 0.954. The van der Waals surface area contributed by atoms with E-state index in [2.05, 4.69) is 5.43 Å². The Labute approximate surface area is 80.1 Å². The summed E-state index contributed by atoms with van der Waals surface area (Å²) < 4.78 is 0. The second-order valence-electron chi connectivity index (χ2n) is 2.36. The molecule has 0 saturated carbocycles. The summed E-state index contributed by atoms with van der Waals surface area (Å²) in [6, 6.07) is 4.78. The molecule has 0 bridgehead atoms. The number of thioether (sulfide) groups is 1. The minimum absolute atomic E-state index is 0.228. The number of nitrogen functional groups attached to an aromatic ring is 1. The molecule has 0 aliphatic carbocycles. The Morgan fingerprint density at radius 3 is 2.77 bits per heavy atom. The molecule has 0 atom stereocenters. The maximum absolute atomic E-state index is 10.6. The molecule has 0 aliphatic heterocycles. The van der Waals surface area contributed by atoms with Crippen molar-refractivity contribution in [2.45, 2.75) is 4.90 Å². The number of carboxylic acids is 1. The molecule has 0 saturated heterocycles. The van der Waals surface area contributed by atoms with Gasteiger partial charge in [0.1, 0.15) is 0 Å². The number of carbonyl (C=O) groups is 1. The first-order valence-electron chi connectivity index (χ1n) is 3.57. The number of nitrogens with one attached hydrogen (secondary N) is 1. The van der Waals surface area contributed by atoms with Crippen molar-refractivity contribution in [3.05, 3.63) is 23.8 Å².